The Morgan fingerprint density at radius 3 is 2.46 bits per heavy atom. The summed E-state index contributed by atoms with van der Waals surface area (Å²) in [5.74, 6) is 0.968. The molecule has 3 aliphatic rings. The second-order valence-corrected chi connectivity index (χ2v) is 9.15. The molecular weight excluding hydrogens is 318 g/mol. The lowest BCUT2D eigenvalue weighted by Gasteiger charge is -2.53. The average Bonchev–Trinajstić information content (AvgIpc) is 3.02. The van der Waals surface area contributed by atoms with Gasteiger partial charge in [-0.1, -0.05) is 43.7 Å². The van der Waals surface area contributed by atoms with Gasteiger partial charge in [-0.15, -0.1) is 0 Å². The number of nitrogens with zero attached hydrogens (tertiary/aromatic N) is 2. The Hall–Kier alpha value is -0.900. The third kappa shape index (κ3) is 3.23. The molecule has 3 heteroatoms. The van der Waals surface area contributed by atoms with Crippen LogP contribution >= 0.6 is 0 Å². The molecule has 26 heavy (non-hydrogen) atoms. The monoisotopic (exact) mass is 355 g/mol. The topological polar surface area (TPSA) is 18.5 Å². The lowest BCUT2D eigenvalue weighted by molar-refractivity contribution is -0.00482. The summed E-state index contributed by atoms with van der Waals surface area (Å²) in [4.78, 5) is 5.49. The summed E-state index contributed by atoms with van der Waals surface area (Å²) >= 11 is 0. The van der Waals surface area contributed by atoms with Crippen LogP contribution in [0.25, 0.3) is 0 Å². The van der Waals surface area contributed by atoms with Crippen LogP contribution in [0.3, 0.4) is 0 Å². The largest absolute Gasteiger partial charge is 0.302 e. The van der Waals surface area contributed by atoms with Crippen LogP contribution in [0.15, 0.2) is 30.3 Å². The van der Waals surface area contributed by atoms with Gasteiger partial charge in [-0.05, 0) is 70.0 Å². The Bertz CT molecular complexity index is 572. The first-order valence-corrected chi connectivity index (χ1v) is 10.9. The maximum absolute atomic E-state index is 3.72. The Morgan fingerprint density at radius 2 is 1.85 bits per heavy atom. The fourth-order valence-electron chi connectivity index (χ4n) is 5.76. The average molecular weight is 356 g/mol. The van der Waals surface area contributed by atoms with Crippen molar-refractivity contribution in [2.75, 3.05) is 33.4 Å². The SMILES string of the molecule is CCCN(C)C1(c2ccccc2)CCC2(CC1)CNCN2CC1CCC1. The van der Waals surface area contributed by atoms with E-state index < -0.39 is 0 Å². The van der Waals surface area contributed by atoms with E-state index in [0.29, 0.717) is 5.54 Å². The van der Waals surface area contributed by atoms with E-state index in [2.05, 4.69) is 59.4 Å². The Labute approximate surface area is 160 Å². The second-order valence-electron chi connectivity index (χ2n) is 9.15. The molecule has 3 fully saturated rings. The zero-order valence-corrected chi connectivity index (χ0v) is 16.8. The Kier molecular flexibility index (Phi) is 5.41. The number of hydrogen-bond donors (Lipinski definition) is 1. The molecule has 1 aromatic rings. The molecule has 1 spiro atoms. The molecule has 1 saturated heterocycles. The number of rotatable bonds is 6. The molecule has 1 N–H and O–H groups in total. The molecular formula is C23H37N3. The van der Waals surface area contributed by atoms with E-state index in [1.165, 1.54) is 76.6 Å². The minimum Gasteiger partial charge on any atom is -0.302 e. The first-order chi connectivity index (χ1) is 12.7. The summed E-state index contributed by atoms with van der Waals surface area (Å²) in [6.07, 6.45) is 10.8. The molecule has 1 aliphatic heterocycles. The van der Waals surface area contributed by atoms with Gasteiger partial charge >= 0.3 is 0 Å². The van der Waals surface area contributed by atoms with Crippen LogP contribution in [0.4, 0.5) is 0 Å². The van der Waals surface area contributed by atoms with Gasteiger partial charge in [0.05, 0.1) is 0 Å². The highest BCUT2D eigenvalue weighted by Gasteiger charge is 2.50. The molecule has 2 aliphatic carbocycles. The first-order valence-electron chi connectivity index (χ1n) is 10.9. The summed E-state index contributed by atoms with van der Waals surface area (Å²) in [6, 6.07) is 11.3. The molecule has 2 saturated carbocycles. The third-order valence-corrected chi connectivity index (χ3v) is 7.74. The summed E-state index contributed by atoms with van der Waals surface area (Å²) in [5.41, 5.74) is 2.18. The maximum Gasteiger partial charge on any atom is 0.0486 e. The van der Waals surface area contributed by atoms with Crippen LogP contribution in [-0.2, 0) is 5.54 Å². The van der Waals surface area contributed by atoms with Crippen molar-refractivity contribution < 1.29 is 0 Å². The molecule has 144 valence electrons. The molecule has 3 nitrogen and oxygen atoms in total. The molecule has 4 rings (SSSR count). The van der Waals surface area contributed by atoms with Crippen molar-refractivity contribution >= 4 is 0 Å². The molecule has 0 radical (unpaired) electrons. The lowest BCUT2D eigenvalue weighted by Crippen LogP contribution is -2.56. The summed E-state index contributed by atoms with van der Waals surface area (Å²) < 4.78 is 0. The van der Waals surface area contributed by atoms with Gasteiger partial charge in [0, 0.05) is 30.8 Å². The van der Waals surface area contributed by atoms with Gasteiger partial charge in [0.1, 0.15) is 0 Å². The predicted molar refractivity (Wildman–Crippen MR) is 109 cm³/mol. The van der Waals surface area contributed by atoms with Crippen LogP contribution < -0.4 is 5.32 Å². The normalized spacial score (nSPS) is 33.0. The lowest BCUT2D eigenvalue weighted by atomic mass is 9.68. The van der Waals surface area contributed by atoms with Crippen LogP contribution in [0.1, 0.15) is 63.9 Å². The Morgan fingerprint density at radius 1 is 1.12 bits per heavy atom. The quantitative estimate of drug-likeness (QED) is 0.825. The van der Waals surface area contributed by atoms with Crippen LogP contribution in [-0.4, -0.2) is 48.7 Å². The Balaban J connectivity index is 1.53. The summed E-state index contributed by atoms with van der Waals surface area (Å²) in [7, 11) is 2.35. The van der Waals surface area contributed by atoms with Gasteiger partial charge in [-0.3, -0.25) is 9.80 Å². The zero-order valence-electron chi connectivity index (χ0n) is 16.8. The van der Waals surface area contributed by atoms with Crippen LogP contribution in [0, 0.1) is 5.92 Å². The maximum atomic E-state index is 3.72. The van der Waals surface area contributed by atoms with Crippen molar-refractivity contribution in [2.24, 2.45) is 5.92 Å². The van der Waals surface area contributed by atoms with Crippen LogP contribution in [0.2, 0.25) is 0 Å². The van der Waals surface area contributed by atoms with E-state index >= 15 is 0 Å². The van der Waals surface area contributed by atoms with Gasteiger partial charge in [-0.2, -0.15) is 0 Å². The van der Waals surface area contributed by atoms with Crippen LogP contribution in [0.5, 0.6) is 0 Å². The van der Waals surface area contributed by atoms with Crippen molar-refractivity contribution in [3.63, 3.8) is 0 Å². The zero-order chi connectivity index (χ0) is 18.0. The summed E-state index contributed by atoms with van der Waals surface area (Å²) in [5, 5.41) is 3.72. The molecule has 0 atom stereocenters. The van der Waals surface area contributed by atoms with Gasteiger partial charge in [-0.25, -0.2) is 0 Å². The highest BCUT2D eigenvalue weighted by molar-refractivity contribution is 5.26. The third-order valence-electron chi connectivity index (χ3n) is 7.74. The van der Waals surface area contributed by atoms with Crippen molar-refractivity contribution in [3.8, 4) is 0 Å². The molecule has 1 heterocycles. The number of hydrogen-bond acceptors (Lipinski definition) is 3. The van der Waals surface area contributed by atoms with E-state index in [4.69, 9.17) is 0 Å². The fourth-order valence-corrected chi connectivity index (χ4v) is 5.76. The predicted octanol–water partition coefficient (Wildman–Crippen LogP) is 4.20. The highest BCUT2D eigenvalue weighted by Crippen LogP contribution is 2.48. The van der Waals surface area contributed by atoms with Crippen molar-refractivity contribution in [1.82, 2.24) is 15.1 Å². The molecule has 1 aromatic carbocycles. The molecule has 0 aromatic heterocycles. The highest BCUT2D eigenvalue weighted by atomic mass is 15.3. The minimum absolute atomic E-state index is 0.229. The fraction of sp³-hybridized carbons (Fsp3) is 0.739. The summed E-state index contributed by atoms with van der Waals surface area (Å²) in [6.45, 7) is 7.13. The molecule has 0 amide bonds. The van der Waals surface area contributed by atoms with E-state index in [-0.39, 0.29) is 5.54 Å². The van der Waals surface area contributed by atoms with Crippen molar-refractivity contribution in [1.29, 1.82) is 0 Å². The smallest absolute Gasteiger partial charge is 0.0486 e. The molecule has 0 bridgehead atoms. The standard InChI is InChI=1S/C23H37N3/c1-3-16-25(2)23(21-10-5-4-6-11-21)14-12-22(13-15-23)18-24-19-26(22)17-20-8-7-9-20/h4-6,10-11,20,24H,3,7-9,12-19H2,1-2H3. The van der Waals surface area contributed by atoms with E-state index in [1.807, 2.05) is 0 Å². The van der Waals surface area contributed by atoms with E-state index in [0.717, 1.165) is 12.6 Å². The van der Waals surface area contributed by atoms with Gasteiger partial charge in [0.15, 0.2) is 0 Å². The van der Waals surface area contributed by atoms with Gasteiger partial charge in [0.2, 0.25) is 0 Å². The van der Waals surface area contributed by atoms with Crippen molar-refractivity contribution in [3.05, 3.63) is 35.9 Å². The number of benzene rings is 1. The number of nitrogens with one attached hydrogen (secondary N) is 1. The van der Waals surface area contributed by atoms with Crippen molar-refractivity contribution in [2.45, 2.75) is 69.4 Å². The minimum atomic E-state index is 0.229. The second kappa shape index (κ2) is 7.61. The van der Waals surface area contributed by atoms with Gasteiger partial charge < -0.3 is 5.32 Å². The van der Waals surface area contributed by atoms with E-state index in [9.17, 15) is 0 Å². The first kappa shape index (κ1) is 18.5. The molecule has 0 unspecified atom stereocenters. The van der Waals surface area contributed by atoms with E-state index in [1.54, 1.807) is 0 Å². The van der Waals surface area contributed by atoms with Gasteiger partial charge in [0.25, 0.3) is 0 Å².